The molecule has 1 aliphatic rings. The highest BCUT2D eigenvalue weighted by Crippen LogP contribution is 2.32. The van der Waals surface area contributed by atoms with Gasteiger partial charge in [-0.3, -0.25) is 0 Å². The molecule has 1 heterocycles. The summed E-state index contributed by atoms with van der Waals surface area (Å²) in [7, 11) is 0. The summed E-state index contributed by atoms with van der Waals surface area (Å²) < 4.78 is 0. The molecule has 3 rings (SSSR count). The van der Waals surface area contributed by atoms with Crippen LogP contribution in [0.4, 0.5) is 0 Å². The average molecular weight is 259 g/mol. The summed E-state index contributed by atoms with van der Waals surface area (Å²) in [5.41, 5.74) is 5.92. The number of aryl methyl sites for hydroxylation is 3. The topological polar surface area (TPSA) is 25.8 Å². The summed E-state index contributed by atoms with van der Waals surface area (Å²) in [6.07, 6.45) is 4.22. The smallest absolute Gasteiger partial charge is 0.0964 e. The van der Waals surface area contributed by atoms with Crippen LogP contribution in [-0.4, -0.2) is 10.2 Å². The Morgan fingerprint density at radius 2 is 1.94 bits per heavy atom. The van der Waals surface area contributed by atoms with Crippen LogP contribution in [0.5, 0.6) is 0 Å². The van der Waals surface area contributed by atoms with Crippen LogP contribution in [-0.2, 0) is 19.3 Å². The lowest BCUT2D eigenvalue weighted by Crippen LogP contribution is -1.99. The van der Waals surface area contributed by atoms with Gasteiger partial charge in [-0.15, -0.1) is 5.10 Å². The van der Waals surface area contributed by atoms with Crippen molar-refractivity contribution in [2.75, 3.05) is 0 Å². The van der Waals surface area contributed by atoms with Gasteiger partial charge in [0, 0.05) is 10.6 Å². The third-order valence-corrected chi connectivity index (χ3v) is 3.74. The molecule has 0 fully saturated rings. The number of hydrogen-bond donors (Lipinski definition) is 0. The first-order chi connectivity index (χ1) is 8.78. The van der Waals surface area contributed by atoms with Crippen molar-refractivity contribution in [2.24, 2.45) is 0 Å². The van der Waals surface area contributed by atoms with Gasteiger partial charge in [0.1, 0.15) is 0 Å². The van der Waals surface area contributed by atoms with Crippen molar-refractivity contribution in [1.82, 2.24) is 10.2 Å². The average Bonchev–Trinajstić information content (AvgIpc) is 2.56. The van der Waals surface area contributed by atoms with Crippen LogP contribution in [0, 0.1) is 0 Å². The molecule has 0 saturated heterocycles. The monoisotopic (exact) mass is 258 g/mol. The van der Waals surface area contributed by atoms with Gasteiger partial charge in [0.25, 0.3) is 0 Å². The van der Waals surface area contributed by atoms with E-state index in [1.165, 1.54) is 16.7 Å². The Kier molecular flexibility index (Phi) is 3.04. The summed E-state index contributed by atoms with van der Waals surface area (Å²) in [4.78, 5) is 0. The molecule has 2 nitrogen and oxygen atoms in total. The molecule has 3 heteroatoms. The standard InChI is InChI=1S/C15H15ClN2/c1-2-13-9-11-5-3-4-10-8-12(16)6-7-14(10)15(11)18-17-13/h6-9H,2-5H2,1H3. The van der Waals surface area contributed by atoms with Crippen molar-refractivity contribution in [2.45, 2.75) is 32.6 Å². The number of nitrogens with zero attached hydrogens (tertiary/aromatic N) is 2. The molecule has 1 aromatic heterocycles. The summed E-state index contributed by atoms with van der Waals surface area (Å²) in [5, 5.41) is 9.52. The van der Waals surface area contributed by atoms with E-state index in [-0.39, 0.29) is 0 Å². The number of rotatable bonds is 1. The Hall–Kier alpha value is -1.41. The largest absolute Gasteiger partial charge is 0.155 e. The third kappa shape index (κ3) is 2.01. The first kappa shape index (κ1) is 11.7. The van der Waals surface area contributed by atoms with Gasteiger partial charge >= 0.3 is 0 Å². The maximum Gasteiger partial charge on any atom is 0.0964 e. The molecule has 0 N–H and O–H groups in total. The van der Waals surface area contributed by atoms with Crippen molar-refractivity contribution in [3.63, 3.8) is 0 Å². The second-order valence-corrected chi connectivity index (χ2v) is 5.15. The number of aromatic nitrogens is 2. The molecule has 1 aromatic carbocycles. The lowest BCUT2D eigenvalue weighted by Gasteiger charge is -2.08. The molecule has 0 aliphatic heterocycles. The predicted molar refractivity (Wildman–Crippen MR) is 73.9 cm³/mol. The maximum absolute atomic E-state index is 6.07. The predicted octanol–water partition coefficient (Wildman–Crippen LogP) is 3.85. The van der Waals surface area contributed by atoms with Crippen LogP contribution in [0.25, 0.3) is 11.3 Å². The van der Waals surface area contributed by atoms with Gasteiger partial charge < -0.3 is 0 Å². The zero-order valence-corrected chi connectivity index (χ0v) is 11.2. The van der Waals surface area contributed by atoms with Crippen molar-refractivity contribution in [3.8, 4) is 11.3 Å². The van der Waals surface area contributed by atoms with Gasteiger partial charge in [0.2, 0.25) is 0 Å². The van der Waals surface area contributed by atoms with E-state index in [0.717, 1.165) is 42.1 Å². The van der Waals surface area contributed by atoms with Gasteiger partial charge in [-0.05, 0) is 55.0 Å². The summed E-state index contributed by atoms with van der Waals surface area (Å²) >= 11 is 6.07. The molecule has 0 atom stereocenters. The number of benzene rings is 1. The van der Waals surface area contributed by atoms with E-state index in [2.05, 4.69) is 35.3 Å². The van der Waals surface area contributed by atoms with Gasteiger partial charge in [0.15, 0.2) is 0 Å². The fourth-order valence-corrected chi connectivity index (χ4v) is 2.73. The van der Waals surface area contributed by atoms with Crippen LogP contribution in [0.15, 0.2) is 24.3 Å². The number of fused-ring (bicyclic) bond motifs is 3. The minimum atomic E-state index is 0.801. The molecule has 92 valence electrons. The maximum atomic E-state index is 6.07. The van der Waals surface area contributed by atoms with E-state index in [4.69, 9.17) is 11.6 Å². The normalized spacial score (nSPS) is 13.7. The van der Waals surface area contributed by atoms with Crippen LogP contribution < -0.4 is 0 Å². The van der Waals surface area contributed by atoms with Crippen LogP contribution in [0.2, 0.25) is 5.02 Å². The summed E-state index contributed by atoms with van der Waals surface area (Å²) in [6, 6.07) is 8.26. The zero-order valence-electron chi connectivity index (χ0n) is 10.4. The fraction of sp³-hybridized carbons (Fsp3) is 0.333. The minimum Gasteiger partial charge on any atom is -0.155 e. The first-order valence-corrected chi connectivity index (χ1v) is 6.80. The lowest BCUT2D eigenvalue weighted by atomic mass is 10.0. The van der Waals surface area contributed by atoms with E-state index in [9.17, 15) is 0 Å². The van der Waals surface area contributed by atoms with Crippen molar-refractivity contribution < 1.29 is 0 Å². The van der Waals surface area contributed by atoms with Gasteiger partial charge in [-0.1, -0.05) is 24.6 Å². The Morgan fingerprint density at radius 1 is 1.11 bits per heavy atom. The molecule has 0 radical (unpaired) electrons. The second-order valence-electron chi connectivity index (χ2n) is 4.72. The van der Waals surface area contributed by atoms with Crippen LogP contribution >= 0.6 is 11.6 Å². The number of hydrogen-bond acceptors (Lipinski definition) is 2. The molecule has 2 aromatic rings. The molecule has 0 unspecified atom stereocenters. The molecule has 0 bridgehead atoms. The molecular weight excluding hydrogens is 244 g/mol. The van der Waals surface area contributed by atoms with E-state index < -0.39 is 0 Å². The molecule has 1 aliphatic carbocycles. The van der Waals surface area contributed by atoms with Crippen molar-refractivity contribution in [1.29, 1.82) is 0 Å². The van der Waals surface area contributed by atoms with Crippen molar-refractivity contribution >= 4 is 11.6 Å². The Morgan fingerprint density at radius 3 is 2.78 bits per heavy atom. The van der Waals surface area contributed by atoms with Crippen molar-refractivity contribution in [3.05, 3.63) is 46.1 Å². The molecule has 0 saturated carbocycles. The van der Waals surface area contributed by atoms with Gasteiger partial charge in [-0.2, -0.15) is 5.10 Å². The van der Waals surface area contributed by atoms with Crippen LogP contribution in [0.1, 0.15) is 30.2 Å². The summed E-state index contributed by atoms with van der Waals surface area (Å²) in [6.45, 7) is 2.11. The van der Waals surface area contributed by atoms with Gasteiger partial charge in [-0.25, -0.2) is 0 Å². The Bertz CT molecular complexity index is 593. The van der Waals surface area contributed by atoms with E-state index in [1.807, 2.05) is 6.07 Å². The third-order valence-electron chi connectivity index (χ3n) is 3.50. The highest BCUT2D eigenvalue weighted by atomic mass is 35.5. The zero-order chi connectivity index (χ0) is 12.5. The SMILES string of the molecule is CCc1cc2c(nn1)-c1ccc(Cl)cc1CCC2. The Balaban J connectivity index is 2.18. The summed E-state index contributed by atoms with van der Waals surface area (Å²) in [5.74, 6) is 0. The van der Waals surface area contributed by atoms with Gasteiger partial charge in [0.05, 0.1) is 11.4 Å². The molecular formula is C15H15ClN2. The quantitative estimate of drug-likeness (QED) is 0.777. The van der Waals surface area contributed by atoms with E-state index in [0.29, 0.717) is 0 Å². The van der Waals surface area contributed by atoms with E-state index in [1.54, 1.807) is 0 Å². The molecule has 0 spiro atoms. The lowest BCUT2D eigenvalue weighted by molar-refractivity contribution is 0.821. The first-order valence-electron chi connectivity index (χ1n) is 6.42. The van der Waals surface area contributed by atoms with E-state index >= 15 is 0 Å². The Labute approximate surface area is 112 Å². The molecule has 0 amide bonds. The second kappa shape index (κ2) is 4.69. The number of halogens is 1. The fourth-order valence-electron chi connectivity index (χ4n) is 2.54. The highest BCUT2D eigenvalue weighted by Gasteiger charge is 2.16. The van der Waals surface area contributed by atoms with Crippen LogP contribution in [0.3, 0.4) is 0 Å². The minimum absolute atomic E-state index is 0.801. The molecule has 18 heavy (non-hydrogen) atoms. The highest BCUT2D eigenvalue weighted by molar-refractivity contribution is 6.30.